The van der Waals surface area contributed by atoms with Gasteiger partial charge in [-0.2, -0.15) is 18.2 Å². The fraction of sp³-hybridized carbons (Fsp3) is 0.524. The normalized spacial score (nSPS) is 19.5. The van der Waals surface area contributed by atoms with Crippen molar-refractivity contribution in [2.45, 2.75) is 6.18 Å². The smallest absolute Gasteiger partial charge is 0.380 e. The number of halogens is 3. The van der Waals surface area contributed by atoms with Crippen molar-refractivity contribution in [2.24, 2.45) is 11.1 Å². The highest BCUT2D eigenvalue weighted by atomic mass is 19.4. The maximum Gasteiger partial charge on any atom is 0.417 e. The zero-order valence-electron chi connectivity index (χ0n) is 18.3. The predicted molar refractivity (Wildman–Crippen MR) is 116 cm³/mol. The van der Waals surface area contributed by atoms with E-state index in [1.165, 1.54) is 0 Å². The van der Waals surface area contributed by atoms with Crippen LogP contribution in [-0.2, 0) is 20.4 Å². The summed E-state index contributed by atoms with van der Waals surface area (Å²) in [5.41, 5.74) is 4.30. The topological polar surface area (TPSA) is 119 Å². The summed E-state index contributed by atoms with van der Waals surface area (Å²) in [6.45, 7) is 4.47. The summed E-state index contributed by atoms with van der Waals surface area (Å²) in [4.78, 5) is 28.6. The van der Waals surface area contributed by atoms with E-state index in [-0.39, 0.29) is 29.0 Å². The Morgan fingerprint density at radius 1 is 1.12 bits per heavy atom. The molecular formula is C21H24F3N7O3. The third-order valence-electron chi connectivity index (χ3n) is 6.13. The van der Waals surface area contributed by atoms with Crippen LogP contribution >= 0.6 is 0 Å². The van der Waals surface area contributed by atoms with Crippen molar-refractivity contribution in [3.05, 3.63) is 23.9 Å². The number of ether oxygens (including phenoxy) is 2. The maximum atomic E-state index is 14.0. The molecule has 0 aliphatic carbocycles. The van der Waals surface area contributed by atoms with Crippen LogP contribution in [0.4, 0.5) is 30.8 Å². The SMILES string of the molecule is NCC(=O)Nc1cc(C(F)(F)F)c(-c2cc(N3CC4(COC4)C3)nc(N3CCOCC3)n2)cn1. The van der Waals surface area contributed by atoms with Crippen molar-refractivity contribution in [1.29, 1.82) is 0 Å². The lowest BCUT2D eigenvalue weighted by atomic mass is 9.78. The second-order valence-electron chi connectivity index (χ2n) is 8.72. The Bertz CT molecular complexity index is 1080. The van der Waals surface area contributed by atoms with E-state index in [0.29, 0.717) is 51.3 Å². The number of carbonyl (C=O) groups is 1. The van der Waals surface area contributed by atoms with Crippen LogP contribution in [0.2, 0.25) is 0 Å². The molecule has 5 heterocycles. The minimum atomic E-state index is -4.70. The number of nitrogens with zero attached hydrogens (tertiary/aromatic N) is 5. The minimum Gasteiger partial charge on any atom is -0.380 e. The first-order chi connectivity index (χ1) is 16.3. The van der Waals surface area contributed by atoms with Crippen LogP contribution in [0.15, 0.2) is 18.3 Å². The second kappa shape index (κ2) is 8.64. The molecule has 0 atom stereocenters. The molecule has 2 aromatic rings. The van der Waals surface area contributed by atoms with Crippen molar-refractivity contribution in [3.8, 4) is 11.3 Å². The number of amides is 1. The van der Waals surface area contributed by atoms with Crippen molar-refractivity contribution >= 4 is 23.5 Å². The summed E-state index contributed by atoms with van der Waals surface area (Å²) in [6.07, 6.45) is -3.63. The van der Waals surface area contributed by atoms with Gasteiger partial charge >= 0.3 is 6.18 Å². The van der Waals surface area contributed by atoms with Crippen molar-refractivity contribution in [1.82, 2.24) is 15.0 Å². The number of pyridine rings is 1. The molecule has 1 amide bonds. The molecule has 1 spiro atoms. The molecule has 0 bridgehead atoms. The lowest BCUT2D eigenvalue weighted by molar-refractivity contribution is -0.137. The van der Waals surface area contributed by atoms with Gasteiger partial charge in [0.1, 0.15) is 11.6 Å². The number of alkyl halides is 3. The second-order valence-corrected chi connectivity index (χ2v) is 8.72. The molecule has 3 aliphatic heterocycles. The van der Waals surface area contributed by atoms with Crippen LogP contribution in [0.3, 0.4) is 0 Å². The van der Waals surface area contributed by atoms with Gasteiger partial charge in [0.15, 0.2) is 0 Å². The third-order valence-corrected chi connectivity index (χ3v) is 6.13. The Labute approximate surface area is 193 Å². The van der Waals surface area contributed by atoms with Gasteiger partial charge in [-0.3, -0.25) is 4.79 Å². The molecule has 0 radical (unpaired) electrons. The Morgan fingerprint density at radius 2 is 1.85 bits per heavy atom. The van der Waals surface area contributed by atoms with E-state index in [2.05, 4.69) is 20.3 Å². The van der Waals surface area contributed by atoms with E-state index in [9.17, 15) is 18.0 Å². The van der Waals surface area contributed by atoms with Gasteiger partial charge in [0, 0.05) is 44.0 Å². The highest BCUT2D eigenvalue weighted by molar-refractivity contribution is 5.91. The Balaban J connectivity index is 1.55. The number of nitrogens with two attached hydrogens (primary N) is 1. The molecule has 5 rings (SSSR count). The fourth-order valence-electron chi connectivity index (χ4n) is 4.28. The van der Waals surface area contributed by atoms with Gasteiger partial charge in [0.05, 0.1) is 49.6 Å². The monoisotopic (exact) mass is 479 g/mol. The van der Waals surface area contributed by atoms with Gasteiger partial charge in [0.25, 0.3) is 0 Å². The van der Waals surface area contributed by atoms with E-state index >= 15 is 0 Å². The summed E-state index contributed by atoms with van der Waals surface area (Å²) in [7, 11) is 0. The molecule has 0 aromatic carbocycles. The molecule has 3 aliphatic rings. The molecule has 10 nitrogen and oxygen atoms in total. The number of carbonyl (C=O) groups excluding carboxylic acids is 1. The first kappa shape index (κ1) is 22.7. The highest BCUT2D eigenvalue weighted by Crippen LogP contribution is 2.42. The fourth-order valence-corrected chi connectivity index (χ4v) is 4.28. The van der Waals surface area contributed by atoms with E-state index in [1.54, 1.807) is 6.07 Å². The number of hydrogen-bond donors (Lipinski definition) is 2. The van der Waals surface area contributed by atoms with Crippen LogP contribution in [0.25, 0.3) is 11.3 Å². The van der Waals surface area contributed by atoms with E-state index < -0.39 is 17.6 Å². The van der Waals surface area contributed by atoms with Gasteiger partial charge in [-0.15, -0.1) is 0 Å². The average Bonchev–Trinajstić information content (AvgIpc) is 2.77. The summed E-state index contributed by atoms with van der Waals surface area (Å²) in [5.74, 6) is 0.0239. The number of hydrogen-bond acceptors (Lipinski definition) is 9. The van der Waals surface area contributed by atoms with Crippen LogP contribution in [-0.4, -0.2) is 80.0 Å². The zero-order valence-corrected chi connectivity index (χ0v) is 18.3. The van der Waals surface area contributed by atoms with Gasteiger partial charge in [-0.1, -0.05) is 0 Å². The Hall–Kier alpha value is -3.03. The Kier molecular flexibility index (Phi) is 5.78. The lowest BCUT2D eigenvalue weighted by Crippen LogP contribution is -2.66. The minimum absolute atomic E-state index is 0.103. The first-order valence-corrected chi connectivity index (χ1v) is 10.9. The molecule has 13 heteroatoms. The summed E-state index contributed by atoms with van der Waals surface area (Å²) >= 11 is 0. The van der Waals surface area contributed by atoms with Crippen LogP contribution in [0, 0.1) is 5.41 Å². The third kappa shape index (κ3) is 4.38. The van der Waals surface area contributed by atoms with Crippen molar-refractivity contribution < 1.29 is 27.4 Å². The molecule has 0 unspecified atom stereocenters. The average molecular weight is 479 g/mol. The molecule has 3 N–H and O–H groups in total. The summed E-state index contributed by atoms with van der Waals surface area (Å²) in [6, 6.07) is 2.35. The van der Waals surface area contributed by atoms with E-state index in [4.69, 9.17) is 15.2 Å². The van der Waals surface area contributed by atoms with Crippen LogP contribution in [0.1, 0.15) is 5.56 Å². The summed E-state index contributed by atoms with van der Waals surface area (Å²) in [5, 5.41) is 2.27. The largest absolute Gasteiger partial charge is 0.417 e. The van der Waals surface area contributed by atoms with E-state index in [1.807, 2.05) is 9.80 Å². The molecule has 34 heavy (non-hydrogen) atoms. The van der Waals surface area contributed by atoms with Gasteiger partial charge in [0.2, 0.25) is 11.9 Å². The first-order valence-electron chi connectivity index (χ1n) is 10.9. The number of morpholine rings is 1. The van der Waals surface area contributed by atoms with Gasteiger partial charge in [-0.25, -0.2) is 9.97 Å². The molecule has 2 aromatic heterocycles. The molecule has 182 valence electrons. The number of rotatable bonds is 5. The Morgan fingerprint density at radius 3 is 2.47 bits per heavy atom. The predicted octanol–water partition coefficient (Wildman–Crippen LogP) is 1.13. The number of aromatic nitrogens is 3. The number of nitrogens with one attached hydrogen (secondary N) is 1. The van der Waals surface area contributed by atoms with Crippen LogP contribution in [0.5, 0.6) is 0 Å². The maximum absolute atomic E-state index is 14.0. The quantitative estimate of drug-likeness (QED) is 0.651. The van der Waals surface area contributed by atoms with Gasteiger partial charge in [-0.05, 0) is 6.07 Å². The number of anilines is 3. The summed E-state index contributed by atoms with van der Waals surface area (Å²) < 4.78 is 52.8. The standard InChI is InChI=1S/C21H24F3N7O3/c22-21(23,24)14-5-16(28-18(32)7-25)26-8-13(14)15-6-17(31-9-20(10-31)11-34-12-20)29-19(27-15)30-1-3-33-4-2-30/h5-6,8H,1-4,7,9-12,25H2,(H,26,28,32). The van der Waals surface area contributed by atoms with Gasteiger partial charge < -0.3 is 30.3 Å². The molecule has 0 saturated carbocycles. The van der Waals surface area contributed by atoms with Crippen molar-refractivity contribution in [3.63, 3.8) is 0 Å². The molecule has 3 saturated heterocycles. The highest BCUT2D eigenvalue weighted by Gasteiger charge is 2.49. The van der Waals surface area contributed by atoms with Crippen molar-refractivity contribution in [2.75, 3.05) is 74.3 Å². The zero-order chi connectivity index (χ0) is 23.9. The van der Waals surface area contributed by atoms with E-state index in [0.717, 1.165) is 25.4 Å². The van der Waals surface area contributed by atoms with Crippen LogP contribution < -0.4 is 20.9 Å². The molecular weight excluding hydrogens is 455 g/mol. The molecule has 3 fully saturated rings. The lowest BCUT2D eigenvalue weighted by Gasteiger charge is -2.55.